The standard InChI is InChI=1S/C17H27N3O3S/c1-3-23-17(22)13-12(14(16(21)19-2)24-15(13)18)11-20-9-7-5-4-6-8-10-20/h3-11,18H2,1-2H3,(H,19,21). The predicted octanol–water partition coefficient (Wildman–Crippen LogP) is 2.63. The maximum atomic E-state index is 12.3. The minimum atomic E-state index is -0.441. The van der Waals surface area contributed by atoms with Crippen LogP contribution in [0.4, 0.5) is 5.00 Å². The molecule has 0 aliphatic carbocycles. The first kappa shape index (κ1) is 18.7. The molecule has 0 saturated carbocycles. The van der Waals surface area contributed by atoms with Gasteiger partial charge in [-0.1, -0.05) is 19.3 Å². The van der Waals surface area contributed by atoms with E-state index in [9.17, 15) is 9.59 Å². The Morgan fingerprint density at radius 2 is 1.83 bits per heavy atom. The molecule has 6 nitrogen and oxygen atoms in total. The Kier molecular flexibility index (Phi) is 7.05. The number of amides is 1. The summed E-state index contributed by atoms with van der Waals surface area (Å²) in [5.74, 6) is -0.646. The highest BCUT2D eigenvalue weighted by Crippen LogP contribution is 2.33. The van der Waals surface area contributed by atoms with Crippen molar-refractivity contribution in [2.45, 2.75) is 45.6 Å². The lowest BCUT2D eigenvalue weighted by Crippen LogP contribution is -2.29. The third kappa shape index (κ3) is 4.48. The molecule has 0 unspecified atom stereocenters. The van der Waals surface area contributed by atoms with Crippen molar-refractivity contribution >= 4 is 28.2 Å². The van der Waals surface area contributed by atoms with Crippen molar-refractivity contribution < 1.29 is 14.3 Å². The van der Waals surface area contributed by atoms with Gasteiger partial charge in [-0.05, 0) is 32.9 Å². The van der Waals surface area contributed by atoms with Crippen LogP contribution in [0, 0.1) is 0 Å². The molecule has 0 atom stereocenters. The second-order valence-electron chi connectivity index (χ2n) is 5.99. The quantitative estimate of drug-likeness (QED) is 0.795. The molecule has 0 aromatic carbocycles. The molecule has 0 spiro atoms. The van der Waals surface area contributed by atoms with Gasteiger partial charge in [-0.25, -0.2) is 4.79 Å². The van der Waals surface area contributed by atoms with Crippen LogP contribution in [0.1, 0.15) is 64.6 Å². The number of carbonyl (C=O) groups is 2. The zero-order valence-corrected chi connectivity index (χ0v) is 15.3. The van der Waals surface area contributed by atoms with Crippen molar-refractivity contribution in [1.29, 1.82) is 0 Å². The van der Waals surface area contributed by atoms with E-state index >= 15 is 0 Å². The summed E-state index contributed by atoms with van der Waals surface area (Å²) in [6, 6.07) is 0. The molecule has 3 N–H and O–H groups in total. The number of nitrogen functional groups attached to an aromatic ring is 1. The van der Waals surface area contributed by atoms with E-state index in [-0.39, 0.29) is 12.5 Å². The summed E-state index contributed by atoms with van der Waals surface area (Å²) in [5.41, 5.74) is 7.11. The molecular formula is C17H27N3O3S. The molecule has 24 heavy (non-hydrogen) atoms. The number of thiophene rings is 1. The summed E-state index contributed by atoms with van der Waals surface area (Å²) < 4.78 is 5.15. The van der Waals surface area contributed by atoms with E-state index in [1.807, 2.05) is 0 Å². The Hall–Kier alpha value is -1.60. The summed E-state index contributed by atoms with van der Waals surface area (Å²) in [6.45, 7) is 4.56. The average molecular weight is 353 g/mol. The zero-order valence-electron chi connectivity index (χ0n) is 14.5. The number of nitrogens with zero attached hydrogens (tertiary/aromatic N) is 1. The van der Waals surface area contributed by atoms with Gasteiger partial charge in [0.2, 0.25) is 0 Å². The SMILES string of the molecule is CCOC(=O)c1c(N)sc(C(=O)NC)c1CN1CCCCCCC1. The Morgan fingerprint density at radius 3 is 2.42 bits per heavy atom. The number of likely N-dealkylation sites (tertiary alicyclic amines) is 1. The molecule has 1 aliphatic heterocycles. The minimum absolute atomic E-state index is 0.204. The van der Waals surface area contributed by atoms with E-state index < -0.39 is 5.97 Å². The van der Waals surface area contributed by atoms with Gasteiger partial charge in [0, 0.05) is 19.2 Å². The number of ether oxygens (including phenoxy) is 1. The normalized spacial score (nSPS) is 16.2. The Bertz CT molecular complexity index is 578. The van der Waals surface area contributed by atoms with Crippen LogP contribution in [-0.4, -0.2) is 43.5 Å². The highest BCUT2D eigenvalue weighted by atomic mass is 32.1. The highest BCUT2D eigenvalue weighted by molar-refractivity contribution is 7.18. The van der Waals surface area contributed by atoms with E-state index in [1.165, 1.54) is 19.3 Å². The number of nitrogens with two attached hydrogens (primary N) is 1. The maximum absolute atomic E-state index is 12.3. The third-order valence-electron chi connectivity index (χ3n) is 4.28. The van der Waals surface area contributed by atoms with Crippen molar-refractivity contribution in [2.75, 3.05) is 32.5 Å². The number of esters is 1. The van der Waals surface area contributed by atoms with Gasteiger partial charge >= 0.3 is 5.97 Å². The van der Waals surface area contributed by atoms with Crippen LogP contribution in [-0.2, 0) is 11.3 Å². The third-order valence-corrected chi connectivity index (χ3v) is 5.34. The van der Waals surface area contributed by atoms with Gasteiger partial charge in [-0.3, -0.25) is 9.69 Å². The first-order valence-electron chi connectivity index (χ1n) is 8.61. The summed E-state index contributed by atoms with van der Waals surface area (Å²) >= 11 is 1.16. The minimum Gasteiger partial charge on any atom is -0.462 e. The summed E-state index contributed by atoms with van der Waals surface area (Å²) in [5, 5.41) is 2.99. The van der Waals surface area contributed by atoms with Crippen molar-refractivity contribution in [3.05, 3.63) is 16.0 Å². The lowest BCUT2D eigenvalue weighted by molar-refractivity contribution is 0.0525. The largest absolute Gasteiger partial charge is 0.462 e. The van der Waals surface area contributed by atoms with E-state index in [0.717, 1.165) is 37.3 Å². The number of anilines is 1. The van der Waals surface area contributed by atoms with E-state index in [4.69, 9.17) is 10.5 Å². The molecule has 2 heterocycles. The second kappa shape index (κ2) is 9.03. The Balaban J connectivity index is 2.32. The molecule has 1 aromatic heterocycles. The fourth-order valence-corrected chi connectivity index (χ4v) is 4.07. The van der Waals surface area contributed by atoms with Gasteiger partial charge in [-0.2, -0.15) is 0 Å². The molecule has 1 aliphatic rings. The van der Waals surface area contributed by atoms with Crippen LogP contribution < -0.4 is 11.1 Å². The van der Waals surface area contributed by atoms with Crippen molar-refractivity contribution in [2.24, 2.45) is 0 Å². The van der Waals surface area contributed by atoms with Crippen LogP contribution in [0.3, 0.4) is 0 Å². The second-order valence-corrected chi connectivity index (χ2v) is 7.04. The number of nitrogens with one attached hydrogen (secondary N) is 1. The molecule has 134 valence electrons. The Morgan fingerprint density at radius 1 is 1.21 bits per heavy atom. The molecule has 2 rings (SSSR count). The van der Waals surface area contributed by atoms with Gasteiger partial charge in [0.25, 0.3) is 5.91 Å². The van der Waals surface area contributed by atoms with Gasteiger partial charge in [0.1, 0.15) is 5.00 Å². The summed E-state index contributed by atoms with van der Waals surface area (Å²) in [4.78, 5) is 27.4. The zero-order chi connectivity index (χ0) is 17.5. The summed E-state index contributed by atoms with van der Waals surface area (Å²) in [6.07, 6.45) is 6.04. The van der Waals surface area contributed by atoms with Gasteiger partial charge in [0.15, 0.2) is 0 Å². The highest BCUT2D eigenvalue weighted by Gasteiger charge is 2.27. The smallest absolute Gasteiger partial charge is 0.341 e. The molecule has 7 heteroatoms. The average Bonchev–Trinajstić information content (AvgIpc) is 2.85. The van der Waals surface area contributed by atoms with E-state index in [0.29, 0.717) is 27.5 Å². The topological polar surface area (TPSA) is 84.7 Å². The van der Waals surface area contributed by atoms with Crippen LogP contribution in [0.15, 0.2) is 0 Å². The summed E-state index contributed by atoms with van der Waals surface area (Å²) in [7, 11) is 1.59. The molecule has 1 fully saturated rings. The molecule has 1 aromatic rings. The first-order chi connectivity index (χ1) is 11.6. The molecular weight excluding hydrogens is 326 g/mol. The van der Waals surface area contributed by atoms with Crippen LogP contribution in [0.2, 0.25) is 0 Å². The van der Waals surface area contributed by atoms with E-state index in [2.05, 4.69) is 10.2 Å². The monoisotopic (exact) mass is 353 g/mol. The Labute approximate surface area is 147 Å². The number of hydrogen-bond donors (Lipinski definition) is 2. The van der Waals surface area contributed by atoms with Crippen LogP contribution in [0.25, 0.3) is 0 Å². The number of hydrogen-bond acceptors (Lipinski definition) is 6. The fourth-order valence-electron chi connectivity index (χ4n) is 3.05. The maximum Gasteiger partial charge on any atom is 0.341 e. The van der Waals surface area contributed by atoms with Crippen molar-refractivity contribution in [3.63, 3.8) is 0 Å². The number of carbonyl (C=O) groups excluding carboxylic acids is 2. The van der Waals surface area contributed by atoms with Gasteiger partial charge in [-0.15, -0.1) is 11.3 Å². The molecule has 1 saturated heterocycles. The lowest BCUT2D eigenvalue weighted by atomic mass is 10.1. The van der Waals surface area contributed by atoms with Crippen molar-refractivity contribution in [1.82, 2.24) is 10.2 Å². The predicted molar refractivity (Wildman–Crippen MR) is 96.4 cm³/mol. The van der Waals surface area contributed by atoms with E-state index in [1.54, 1.807) is 14.0 Å². The van der Waals surface area contributed by atoms with Gasteiger partial charge in [0.05, 0.1) is 17.0 Å². The molecule has 0 bridgehead atoms. The number of rotatable bonds is 5. The van der Waals surface area contributed by atoms with Crippen LogP contribution >= 0.6 is 11.3 Å². The van der Waals surface area contributed by atoms with Gasteiger partial charge < -0.3 is 15.8 Å². The molecule has 1 amide bonds. The molecule has 0 radical (unpaired) electrons. The lowest BCUT2D eigenvalue weighted by Gasteiger charge is -2.25. The fraction of sp³-hybridized carbons (Fsp3) is 0.647. The first-order valence-corrected chi connectivity index (χ1v) is 9.42. The van der Waals surface area contributed by atoms with Crippen LogP contribution in [0.5, 0.6) is 0 Å². The van der Waals surface area contributed by atoms with Crippen molar-refractivity contribution in [3.8, 4) is 0 Å².